The van der Waals surface area contributed by atoms with Crippen LogP contribution in [0.5, 0.6) is 0 Å². The van der Waals surface area contributed by atoms with E-state index in [1.807, 2.05) is 0 Å². The van der Waals surface area contributed by atoms with E-state index in [4.69, 9.17) is 0 Å². The number of nitrogens with one attached hydrogen (secondary N) is 1. The number of hydrogen-bond donors (Lipinski definition) is 2. The fourth-order valence-electron chi connectivity index (χ4n) is 3.77. The van der Waals surface area contributed by atoms with Gasteiger partial charge >= 0.3 is 0 Å². The lowest BCUT2D eigenvalue weighted by Crippen LogP contribution is -2.46. The van der Waals surface area contributed by atoms with Crippen LogP contribution in [0.4, 0.5) is 0 Å². The van der Waals surface area contributed by atoms with Crippen LogP contribution in [0.15, 0.2) is 42.6 Å². The molecule has 0 radical (unpaired) electrons. The average Bonchev–Trinajstić information content (AvgIpc) is 3.13. The van der Waals surface area contributed by atoms with Crippen molar-refractivity contribution in [1.29, 1.82) is 0 Å². The van der Waals surface area contributed by atoms with E-state index in [9.17, 15) is 5.11 Å². The van der Waals surface area contributed by atoms with Crippen molar-refractivity contribution in [2.45, 2.75) is 31.9 Å². The third kappa shape index (κ3) is 2.70. The van der Waals surface area contributed by atoms with Gasteiger partial charge < -0.3 is 5.11 Å². The van der Waals surface area contributed by atoms with E-state index in [1.165, 1.54) is 21.9 Å². The zero-order chi connectivity index (χ0) is 16.6. The zero-order valence-electron chi connectivity index (χ0n) is 13.9. The van der Waals surface area contributed by atoms with Gasteiger partial charge in [-0.2, -0.15) is 15.4 Å². The zero-order valence-corrected chi connectivity index (χ0v) is 13.9. The molecule has 2 heterocycles. The van der Waals surface area contributed by atoms with Crippen LogP contribution in [0, 0.1) is 6.92 Å². The Morgan fingerprint density at radius 2 is 2.12 bits per heavy atom. The Kier molecular flexibility index (Phi) is 3.82. The summed E-state index contributed by atoms with van der Waals surface area (Å²) in [6.45, 7) is 4.58. The summed E-state index contributed by atoms with van der Waals surface area (Å²) in [6.07, 6.45) is 3.31. The van der Waals surface area contributed by atoms with Gasteiger partial charge in [0.25, 0.3) is 0 Å². The number of H-pyrrole nitrogens is 1. The molecule has 124 valence electrons. The predicted molar refractivity (Wildman–Crippen MR) is 93.5 cm³/mol. The van der Waals surface area contributed by atoms with E-state index in [1.54, 1.807) is 6.20 Å². The highest BCUT2D eigenvalue weighted by atomic mass is 16.3. The van der Waals surface area contributed by atoms with Crippen LogP contribution in [0.25, 0.3) is 10.8 Å². The summed E-state index contributed by atoms with van der Waals surface area (Å²) in [5, 5.41) is 24.1. The number of aromatic amines is 1. The predicted octanol–water partition coefficient (Wildman–Crippen LogP) is 2.75. The van der Waals surface area contributed by atoms with E-state index in [0.29, 0.717) is 12.2 Å². The SMILES string of the molecule is Cc1ccc2ccccc2c1CN1CCC[C@](O)(c2cn[nH]n2)C1. The van der Waals surface area contributed by atoms with E-state index >= 15 is 0 Å². The Labute approximate surface area is 141 Å². The quantitative estimate of drug-likeness (QED) is 0.778. The highest BCUT2D eigenvalue weighted by molar-refractivity contribution is 5.86. The van der Waals surface area contributed by atoms with Crippen LogP contribution in [0.2, 0.25) is 0 Å². The molecule has 5 heteroatoms. The van der Waals surface area contributed by atoms with Gasteiger partial charge in [-0.3, -0.25) is 4.90 Å². The Hall–Kier alpha value is -2.24. The minimum atomic E-state index is -0.913. The van der Waals surface area contributed by atoms with Crippen LogP contribution in [-0.4, -0.2) is 38.5 Å². The standard InChI is InChI=1S/C19H22N4O/c1-14-7-8-15-5-2-3-6-16(15)17(14)12-23-10-4-9-19(24,13-23)18-11-20-22-21-18/h2-3,5-8,11,24H,4,9-10,12-13H2,1H3,(H,20,21,22)/t19-/m1/s1. The van der Waals surface area contributed by atoms with Crippen molar-refractivity contribution in [3.8, 4) is 0 Å². The lowest BCUT2D eigenvalue weighted by Gasteiger charge is -2.38. The molecule has 1 saturated heterocycles. The molecule has 1 aliphatic rings. The first-order valence-electron chi connectivity index (χ1n) is 8.44. The smallest absolute Gasteiger partial charge is 0.123 e. The molecule has 0 saturated carbocycles. The number of benzene rings is 2. The van der Waals surface area contributed by atoms with Gasteiger partial charge in [-0.05, 0) is 48.2 Å². The van der Waals surface area contributed by atoms with Crippen molar-refractivity contribution < 1.29 is 5.11 Å². The molecule has 2 aromatic carbocycles. The van der Waals surface area contributed by atoms with Crippen molar-refractivity contribution in [2.24, 2.45) is 0 Å². The molecular weight excluding hydrogens is 300 g/mol. The highest BCUT2D eigenvalue weighted by Gasteiger charge is 2.37. The number of aromatic nitrogens is 3. The minimum Gasteiger partial charge on any atom is -0.382 e. The molecule has 0 unspecified atom stereocenters. The Balaban J connectivity index is 1.63. The number of aliphatic hydroxyl groups is 1. The molecule has 4 rings (SSSR count). The Morgan fingerprint density at radius 3 is 2.96 bits per heavy atom. The molecule has 24 heavy (non-hydrogen) atoms. The maximum atomic E-state index is 11.0. The number of hydrogen-bond acceptors (Lipinski definition) is 4. The first-order valence-corrected chi connectivity index (χ1v) is 8.44. The molecule has 2 N–H and O–H groups in total. The van der Waals surface area contributed by atoms with Crippen LogP contribution in [-0.2, 0) is 12.1 Å². The summed E-state index contributed by atoms with van der Waals surface area (Å²) in [5.74, 6) is 0. The molecule has 1 aromatic heterocycles. The fraction of sp³-hybridized carbons (Fsp3) is 0.368. The van der Waals surface area contributed by atoms with E-state index in [-0.39, 0.29) is 0 Å². The molecule has 1 atom stereocenters. The fourth-order valence-corrected chi connectivity index (χ4v) is 3.77. The topological polar surface area (TPSA) is 65.0 Å². The monoisotopic (exact) mass is 322 g/mol. The van der Waals surface area contributed by atoms with Gasteiger partial charge in [0.05, 0.1) is 6.20 Å². The number of piperidine rings is 1. The van der Waals surface area contributed by atoms with Crippen molar-refractivity contribution in [2.75, 3.05) is 13.1 Å². The molecule has 3 aromatic rings. The van der Waals surface area contributed by atoms with Gasteiger partial charge in [-0.25, -0.2) is 0 Å². The second kappa shape index (κ2) is 6.00. The van der Waals surface area contributed by atoms with Crippen LogP contribution in [0.1, 0.15) is 29.7 Å². The number of fused-ring (bicyclic) bond motifs is 1. The van der Waals surface area contributed by atoms with Gasteiger partial charge in [-0.1, -0.05) is 36.4 Å². The highest BCUT2D eigenvalue weighted by Crippen LogP contribution is 2.32. The number of aryl methyl sites for hydroxylation is 1. The summed E-state index contributed by atoms with van der Waals surface area (Å²) in [5.41, 5.74) is 2.37. The maximum absolute atomic E-state index is 11.0. The van der Waals surface area contributed by atoms with Gasteiger partial charge in [0.1, 0.15) is 11.3 Å². The van der Waals surface area contributed by atoms with Crippen molar-refractivity contribution in [1.82, 2.24) is 20.3 Å². The molecule has 1 aliphatic heterocycles. The molecule has 0 amide bonds. The molecule has 1 fully saturated rings. The van der Waals surface area contributed by atoms with E-state index in [0.717, 1.165) is 25.9 Å². The van der Waals surface area contributed by atoms with Crippen molar-refractivity contribution in [3.63, 3.8) is 0 Å². The van der Waals surface area contributed by atoms with Gasteiger partial charge in [-0.15, -0.1) is 0 Å². The summed E-state index contributed by atoms with van der Waals surface area (Å²) < 4.78 is 0. The first-order chi connectivity index (χ1) is 11.7. The molecule has 0 bridgehead atoms. The summed E-state index contributed by atoms with van der Waals surface area (Å²) >= 11 is 0. The van der Waals surface area contributed by atoms with Gasteiger partial charge in [0.2, 0.25) is 0 Å². The minimum absolute atomic E-state index is 0.586. The van der Waals surface area contributed by atoms with Gasteiger partial charge in [0, 0.05) is 13.1 Å². The van der Waals surface area contributed by atoms with Crippen molar-refractivity contribution >= 4 is 10.8 Å². The summed E-state index contributed by atoms with van der Waals surface area (Å²) in [7, 11) is 0. The Morgan fingerprint density at radius 1 is 1.25 bits per heavy atom. The maximum Gasteiger partial charge on any atom is 0.123 e. The average molecular weight is 322 g/mol. The molecule has 0 spiro atoms. The normalized spacial score (nSPS) is 22.1. The van der Waals surface area contributed by atoms with E-state index < -0.39 is 5.60 Å². The Bertz CT molecular complexity index is 846. The third-order valence-electron chi connectivity index (χ3n) is 5.10. The van der Waals surface area contributed by atoms with E-state index in [2.05, 4.69) is 63.6 Å². The second-order valence-corrected chi connectivity index (χ2v) is 6.78. The lowest BCUT2D eigenvalue weighted by atomic mass is 9.89. The largest absolute Gasteiger partial charge is 0.382 e. The van der Waals surface area contributed by atoms with Crippen molar-refractivity contribution in [3.05, 3.63) is 59.4 Å². The summed E-state index contributed by atoms with van der Waals surface area (Å²) in [6, 6.07) is 12.9. The van der Waals surface area contributed by atoms with Crippen LogP contribution >= 0.6 is 0 Å². The second-order valence-electron chi connectivity index (χ2n) is 6.78. The number of β-amino-alcohol motifs (C(OH)–C–C–N with tert-alkyl or cyclic N) is 1. The molecule has 5 nitrogen and oxygen atoms in total. The third-order valence-corrected chi connectivity index (χ3v) is 5.10. The number of rotatable bonds is 3. The van der Waals surface area contributed by atoms with Crippen LogP contribution in [0.3, 0.4) is 0 Å². The number of nitrogens with zero attached hydrogens (tertiary/aromatic N) is 3. The molecular formula is C19H22N4O. The lowest BCUT2D eigenvalue weighted by molar-refractivity contribution is -0.0413. The summed E-state index contributed by atoms with van der Waals surface area (Å²) in [4.78, 5) is 2.33. The van der Waals surface area contributed by atoms with Gasteiger partial charge in [0.15, 0.2) is 0 Å². The van der Waals surface area contributed by atoms with Crippen LogP contribution < -0.4 is 0 Å². The number of likely N-dealkylation sites (tertiary alicyclic amines) is 1. The molecule has 0 aliphatic carbocycles. The first kappa shape index (κ1) is 15.3.